The molecule has 1 unspecified atom stereocenters. The van der Waals surface area contributed by atoms with Crippen molar-refractivity contribution in [1.29, 1.82) is 0 Å². The number of fused-ring (bicyclic) bond motifs is 1. The molecular weight excluding hydrogens is 208 g/mol. The molecule has 0 saturated carbocycles. The molecule has 1 aromatic carbocycles. The summed E-state index contributed by atoms with van der Waals surface area (Å²) in [5.74, 6) is 0. The maximum atomic E-state index is 5.91. The zero-order chi connectivity index (χ0) is 11.8. The Morgan fingerprint density at radius 3 is 2.88 bits per heavy atom. The van der Waals surface area contributed by atoms with Gasteiger partial charge in [-0.25, -0.2) is 0 Å². The Labute approximate surface area is 101 Å². The van der Waals surface area contributed by atoms with E-state index in [0.29, 0.717) is 0 Å². The van der Waals surface area contributed by atoms with E-state index in [-0.39, 0.29) is 6.04 Å². The molecule has 2 nitrogen and oxygen atoms in total. The third kappa shape index (κ3) is 1.96. The number of aryl methyl sites for hydroxylation is 1. The van der Waals surface area contributed by atoms with E-state index in [0.717, 1.165) is 24.1 Å². The van der Waals surface area contributed by atoms with Gasteiger partial charge in [0.15, 0.2) is 0 Å². The zero-order valence-electron chi connectivity index (χ0n) is 9.98. The number of hydrogen-bond acceptors (Lipinski definition) is 2. The summed E-state index contributed by atoms with van der Waals surface area (Å²) in [6, 6.07) is 10.9. The van der Waals surface area contributed by atoms with Crippen LogP contribution in [-0.4, -0.2) is 11.0 Å². The van der Waals surface area contributed by atoms with E-state index in [9.17, 15) is 0 Å². The van der Waals surface area contributed by atoms with Gasteiger partial charge in [-0.3, -0.25) is 4.98 Å². The highest BCUT2D eigenvalue weighted by Gasteiger charge is 2.13. The number of nitrogens with zero attached hydrogens (tertiary/aromatic N) is 1. The fourth-order valence-electron chi connectivity index (χ4n) is 2.42. The van der Waals surface area contributed by atoms with Gasteiger partial charge in [-0.2, -0.15) is 0 Å². The first kappa shape index (κ1) is 10.5. The highest BCUT2D eigenvalue weighted by atomic mass is 14.7. The number of allylic oxidation sites excluding steroid dienone is 1. The molecule has 3 rings (SSSR count). The molecular formula is C15H16N2. The largest absolute Gasteiger partial charge is 0.324 e. The van der Waals surface area contributed by atoms with Gasteiger partial charge in [-0.15, -0.1) is 0 Å². The summed E-state index contributed by atoms with van der Waals surface area (Å²) in [5, 5.41) is 1.20. The lowest BCUT2D eigenvalue weighted by Crippen LogP contribution is -2.11. The summed E-state index contributed by atoms with van der Waals surface area (Å²) in [7, 11) is 0. The molecule has 1 aliphatic carbocycles. The van der Waals surface area contributed by atoms with Gasteiger partial charge < -0.3 is 5.73 Å². The lowest BCUT2D eigenvalue weighted by atomic mass is 10.0. The maximum absolute atomic E-state index is 5.91. The average Bonchev–Trinajstić information content (AvgIpc) is 2.75. The first-order valence-electron chi connectivity index (χ1n) is 6.06. The second-order valence-electron chi connectivity index (χ2n) is 4.75. The molecule has 0 amide bonds. The molecule has 2 N–H and O–H groups in total. The molecule has 1 aromatic heterocycles. The van der Waals surface area contributed by atoms with Crippen LogP contribution < -0.4 is 5.73 Å². The number of benzene rings is 1. The van der Waals surface area contributed by atoms with Gasteiger partial charge in [0.25, 0.3) is 0 Å². The van der Waals surface area contributed by atoms with Crippen LogP contribution in [0.5, 0.6) is 0 Å². The smallest absolute Gasteiger partial charge is 0.0705 e. The highest BCUT2D eigenvalue weighted by Crippen LogP contribution is 2.28. The minimum absolute atomic E-state index is 0.233. The highest BCUT2D eigenvalue weighted by molar-refractivity contribution is 5.84. The molecule has 0 radical (unpaired) electrons. The molecule has 0 saturated heterocycles. The number of nitrogens with two attached hydrogens (primary N) is 1. The number of rotatable bonds is 1. The summed E-state index contributed by atoms with van der Waals surface area (Å²) >= 11 is 0. The van der Waals surface area contributed by atoms with Crippen LogP contribution in [0.15, 0.2) is 36.4 Å². The van der Waals surface area contributed by atoms with E-state index in [1.165, 1.54) is 16.5 Å². The van der Waals surface area contributed by atoms with Gasteiger partial charge in [-0.1, -0.05) is 18.2 Å². The predicted octanol–water partition coefficient (Wildman–Crippen LogP) is 3.05. The van der Waals surface area contributed by atoms with Gasteiger partial charge in [0.2, 0.25) is 0 Å². The average molecular weight is 224 g/mol. The summed E-state index contributed by atoms with van der Waals surface area (Å²) in [4.78, 5) is 4.51. The molecule has 0 fully saturated rings. The number of pyridine rings is 1. The van der Waals surface area contributed by atoms with Crippen molar-refractivity contribution in [3.8, 4) is 0 Å². The van der Waals surface area contributed by atoms with E-state index in [1.54, 1.807) is 0 Å². The van der Waals surface area contributed by atoms with Crippen molar-refractivity contribution < 1.29 is 0 Å². The van der Waals surface area contributed by atoms with Crippen LogP contribution in [0, 0.1) is 6.92 Å². The number of aromatic nitrogens is 1. The molecule has 1 heterocycles. The Morgan fingerprint density at radius 1 is 1.24 bits per heavy atom. The second-order valence-corrected chi connectivity index (χ2v) is 4.75. The zero-order valence-corrected chi connectivity index (χ0v) is 9.98. The van der Waals surface area contributed by atoms with Gasteiger partial charge in [0, 0.05) is 17.1 Å². The topological polar surface area (TPSA) is 38.9 Å². The standard InChI is InChI=1S/C15H16N2/c1-10-2-3-13-8-11(5-7-15(13)17-10)12-4-6-14(16)9-12/h2-3,5,7-9,14H,4,6,16H2,1H3. The first-order valence-corrected chi connectivity index (χ1v) is 6.06. The van der Waals surface area contributed by atoms with E-state index in [2.05, 4.69) is 41.4 Å². The summed E-state index contributed by atoms with van der Waals surface area (Å²) in [6.45, 7) is 2.02. The van der Waals surface area contributed by atoms with Gasteiger partial charge in [-0.05, 0) is 49.1 Å². The van der Waals surface area contributed by atoms with Crippen LogP contribution in [0.2, 0.25) is 0 Å². The van der Waals surface area contributed by atoms with E-state index >= 15 is 0 Å². The number of hydrogen-bond donors (Lipinski definition) is 1. The third-order valence-electron chi connectivity index (χ3n) is 3.36. The van der Waals surface area contributed by atoms with Crippen LogP contribution in [0.1, 0.15) is 24.1 Å². The third-order valence-corrected chi connectivity index (χ3v) is 3.36. The van der Waals surface area contributed by atoms with Crippen molar-refractivity contribution >= 4 is 16.5 Å². The SMILES string of the molecule is Cc1ccc2cc(C3=CC(N)CC3)ccc2n1. The molecule has 1 aliphatic rings. The fraction of sp³-hybridized carbons (Fsp3) is 0.267. The van der Waals surface area contributed by atoms with Crippen LogP contribution in [0.3, 0.4) is 0 Å². The Hall–Kier alpha value is -1.67. The van der Waals surface area contributed by atoms with Crippen molar-refractivity contribution in [3.63, 3.8) is 0 Å². The summed E-state index contributed by atoms with van der Waals surface area (Å²) in [5.41, 5.74) is 10.7. The van der Waals surface area contributed by atoms with Crippen LogP contribution in [-0.2, 0) is 0 Å². The van der Waals surface area contributed by atoms with E-state index in [4.69, 9.17) is 5.73 Å². The molecule has 86 valence electrons. The Kier molecular flexibility index (Phi) is 2.45. The monoisotopic (exact) mass is 224 g/mol. The van der Waals surface area contributed by atoms with E-state index < -0.39 is 0 Å². The normalized spacial score (nSPS) is 19.6. The van der Waals surface area contributed by atoms with Crippen LogP contribution in [0.4, 0.5) is 0 Å². The first-order chi connectivity index (χ1) is 8.22. The maximum Gasteiger partial charge on any atom is 0.0705 e. The molecule has 17 heavy (non-hydrogen) atoms. The molecule has 0 bridgehead atoms. The quantitative estimate of drug-likeness (QED) is 0.808. The van der Waals surface area contributed by atoms with Gasteiger partial charge in [0.05, 0.1) is 5.52 Å². The minimum Gasteiger partial charge on any atom is -0.324 e. The van der Waals surface area contributed by atoms with Crippen molar-refractivity contribution in [2.45, 2.75) is 25.8 Å². The lowest BCUT2D eigenvalue weighted by molar-refractivity contribution is 0.782. The van der Waals surface area contributed by atoms with Crippen molar-refractivity contribution in [3.05, 3.63) is 47.7 Å². The molecule has 2 heteroatoms. The van der Waals surface area contributed by atoms with E-state index in [1.807, 2.05) is 6.92 Å². The van der Waals surface area contributed by atoms with Gasteiger partial charge in [0.1, 0.15) is 0 Å². The van der Waals surface area contributed by atoms with Crippen molar-refractivity contribution in [2.24, 2.45) is 5.73 Å². The predicted molar refractivity (Wildman–Crippen MR) is 71.7 cm³/mol. The minimum atomic E-state index is 0.233. The van der Waals surface area contributed by atoms with Crippen LogP contribution >= 0.6 is 0 Å². The molecule has 1 atom stereocenters. The Balaban J connectivity index is 2.08. The van der Waals surface area contributed by atoms with Crippen LogP contribution in [0.25, 0.3) is 16.5 Å². The summed E-state index contributed by atoms with van der Waals surface area (Å²) < 4.78 is 0. The molecule has 0 spiro atoms. The Bertz CT molecular complexity index is 599. The second kappa shape index (κ2) is 3.97. The fourth-order valence-corrected chi connectivity index (χ4v) is 2.42. The lowest BCUT2D eigenvalue weighted by Gasteiger charge is -2.04. The summed E-state index contributed by atoms with van der Waals surface area (Å²) in [6.07, 6.45) is 4.34. The van der Waals surface area contributed by atoms with Crippen molar-refractivity contribution in [2.75, 3.05) is 0 Å². The van der Waals surface area contributed by atoms with Gasteiger partial charge >= 0.3 is 0 Å². The molecule has 2 aromatic rings. The van der Waals surface area contributed by atoms with Crippen molar-refractivity contribution in [1.82, 2.24) is 4.98 Å². The Morgan fingerprint density at radius 2 is 2.12 bits per heavy atom. The molecule has 0 aliphatic heterocycles.